The van der Waals surface area contributed by atoms with Gasteiger partial charge < -0.3 is 25.0 Å². The zero-order valence-electron chi connectivity index (χ0n) is 20.5. The first-order chi connectivity index (χ1) is 17.3. The van der Waals surface area contributed by atoms with Gasteiger partial charge in [-0.05, 0) is 55.8 Å². The predicted octanol–water partition coefficient (Wildman–Crippen LogP) is 3.83. The van der Waals surface area contributed by atoms with E-state index in [0.717, 1.165) is 45.6 Å². The van der Waals surface area contributed by atoms with Crippen LogP contribution in [-0.2, 0) is 4.79 Å². The Kier molecular flexibility index (Phi) is 6.49. The van der Waals surface area contributed by atoms with E-state index in [9.17, 15) is 14.4 Å². The van der Waals surface area contributed by atoms with E-state index < -0.39 is 17.2 Å². The van der Waals surface area contributed by atoms with Crippen molar-refractivity contribution in [2.24, 2.45) is 0 Å². The summed E-state index contributed by atoms with van der Waals surface area (Å²) in [5, 5.41) is 5.62. The lowest BCUT2D eigenvalue weighted by Crippen LogP contribution is -2.46. The maximum atomic E-state index is 15.3. The van der Waals surface area contributed by atoms with Crippen LogP contribution in [0.15, 0.2) is 47.4 Å². The van der Waals surface area contributed by atoms with Crippen LogP contribution in [0.25, 0.3) is 10.9 Å². The number of fused-ring (bicyclic) bond motifs is 1. The van der Waals surface area contributed by atoms with Crippen molar-refractivity contribution in [2.75, 3.05) is 48.3 Å². The number of amides is 2. The van der Waals surface area contributed by atoms with Crippen molar-refractivity contribution in [1.29, 1.82) is 0 Å². The molecule has 9 heteroatoms. The molecule has 2 amide bonds. The molecule has 1 saturated heterocycles. The van der Waals surface area contributed by atoms with Gasteiger partial charge in [0.05, 0.1) is 11.2 Å². The van der Waals surface area contributed by atoms with E-state index >= 15 is 4.39 Å². The third kappa shape index (κ3) is 4.83. The van der Waals surface area contributed by atoms with E-state index in [0.29, 0.717) is 22.6 Å². The highest BCUT2D eigenvalue weighted by Crippen LogP contribution is 2.38. The second-order valence-corrected chi connectivity index (χ2v) is 9.47. The number of hydrogen-bond donors (Lipinski definition) is 2. The number of carbonyl (C=O) groups excluding carboxylic acids is 2. The molecule has 5 rings (SSSR count). The molecule has 0 radical (unpaired) electrons. The highest BCUT2D eigenvalue weighted by Gasteiger charge is 2.28. The first-order valence-electron chi connectivity index (χ1n) is 12.4. The number of hydrogen-bond acceptors (Lipinski definition) is 5. The largest absolute Gasteiger partial charge is 0.367 e. The van der Waals surface area contributed by atoms with Crippen molar-refractivity contribution < 1.29 is 14.0 Å². The van der Waals surface area contributed by atoms with Crippen molar-refractivity contribution in [3.8, 4) is 0 Å². The van der Waals surface area contributed by atoms with Crippen LogP contribution >= 0.6 is 0 Å². The van der Waals surface area contributed by atoms with Gasteiger partial charge in [0.25, 0.3) is 5.91 Å². The molecule has 3 aromatic rings. The number of halogens is 1. The number of carbonyl (C=O) groups is 2. The van der Waals surface area contributed by atoms with Gasteiger partial charge in [0, 0.05) is 62.1 Å². The fourth-order valence-electron chi connectivity index (χ4n) is 4.76. The van der Waals surface area contributed by atoms with E-state index in [1.165, 1.54) is 13.0 Å². The summed E-state index contributed by atoms with van der Waals surface area (Å²) >= 11 is 0. The first kappa shape index (κ1) is 24.0. The van der Waals surface area contributed by atoms with Crippen molar-refractivity contribution in [3.05, 3.63) is 64.2 Å². The summed E-state index contributed by atoms with van der Waals surface area (Å²) < 4.78 is 17.2. The monoisotopic (exact) mass is 491 g/mol. The van der Waals surface area contributed by atoms with Gasteiger partial charge in [-0.3, -0.25) is 14.4 Å². The molecular formula is C27H30FN5O3. The summed E-state index contributed by atoms with van der Waals surface area (Å²) in [6.07, 6.45) is 3.51. The van der Waals surface area contributed by atoms with E-state index in [-0.39, 0.29) is 22.9 Å². The van der Waals surface area contributed by atoms with Gasteiger partial charge in [-0.1, -0.05) is 6.92 Å². The summed E-state index contributed by atoms with van der Waals surface area (Å²) in [6, 6.07) is 9.87. The van der Waals surface area contributed by atoms with Gasteiger partial charge in [0.15, 0.2) is 0 Å². The minimum Gasteiger partial charge on any atom is -0.367 e. The average molecular weight is 492 g/mol. The van der Waals surface area contributed by atoms with E-state index in [1.54, 1.807) is 36.5 Å². The van der Waals surface area contributed by atoms with Crippen LogP contribution in [0.5, 0.6) is 0 Å². The van der Waals surface area contributed by atoms with Gasteiger partial charge in [-0.2, -0.15) is 0 Å². The van der Waals surface area contributed by atoms with Crippen LogP contribution in [-0.4, -0.2) is 54.0 Å². The number of piperazine rings is 1. The lowest BCUT2D eigenvalue weighted by atomic mass is 10.1. The highest BCUT2D eigenvalue weighted by molar-refractivity contribution is 6.06. The topological polar surface area (TPSA) is 86.7 Å². The lowest BCUT2D eigenvalue weighted by Gasteiger charge is -2.35. The molecule has 8 nitrogen and oxygen atoms in total. The van der Waals surface area contributed by atoms with E-state index in [4.69, 9.17) is 0 Å². The molecule has 2 aliphatic rings. The molecule has 1 aromatic heterocycles. The normalized spacial score (nSPS) is 16.2. The Bertz CT molecular complexity index is 1370. The number of likely N-dealkylation sites (N-methyl/N-ethyl adjacent to an activating group) is 1. The molecule has 0 atom stereocenters. The summed E-state index contributed by atoms with van der Waals surface area (Å²) in [7, 11) is 0. The molecule has 2 heterocycles. The SMILES string of the molecule is CCN1CCN(c2cc3c(cc2F)c(=O)c(C(=O)Nc2ccc(NC(C)=O)cc2)cn3C2CC2)CC1. The molecule has 2 fully saturated rings. The highest BCUT2D eigenvalue weighted by atomic mass is 19.1. The Morgan fingerprint density at radius 1 is 1.00 bits per heavy atom. The van der Waals surface area contributed by atoms with Crippen molar-refractivity contribution >= 4 is 39.8 Å². The summed E-state index contributed by atoms with van der Waals surface area (Å²) in [4.78, 5) is 42.0. The van der Waals surface area contributed by atoms with Crippen LogP contribution in [0.4, 0.5) is 21.5 Å². The molecule has 0 unspecified atom stereocenters. The fraction of sp³-hybridized carbons (Fsp3) is 0.370. The molecule has 0 bridgehead atoms. The Hall–Kier alpha value is -3.72. The lowest BCUT2D eigenvalue weighted by molar-refractivity contribution is -0.114. The fourth-order valence-corrected chi connectivity index (χ4v) is 4.76. The van der Waals surface area contributed by atoms with Crippen molar-refractivity contribution in [2.45, 2.75) is 32.7 Å². The van der Waals surface area contributed by atoms with Gasteiger partial charge in [-0.15, -0.1) is 0 Å². The summed E-state index contributed by atoms with van der Waals surface area (Å²) in [6.45, 7) is 7.70. The second-order valence-electron chi connectivity index (χ2n) is 9.47. The number of pyridine rings is 1. The quantitative estimate of drug-likeness (QED) is 0.547. The maximum absolute atomic E-state index is 15.3. The zero-order chi connectivity index (χ0) is 25.4. The number of benzene rings is 2. The minimum atomic E-state index is -0.552. The Morgan fingerprint density at radius 2 is 1.64 bits per heavy atom. The average Bonchev–Trinajstić information content (AvgIpc) is 3.71. The van der Waals surface area contributed by atoms with Crippen LogP contribution in [0.1, 0.15) is 43.1 Å². The second kappa shape index (κ2) is 9.73. The third-order valence-corrected chi connectivity index (χ3v) is 6.91. The van der Waals surface area contributed by atoms with Gasteiger partial charge in [-0.25, -0.2) is 4.39 Å². The zero-order valence-corrected chi connectivity index (χ0v) is 20.5. The molecule has 0 spiro atoms. The van der Waals surface area contributed by atoms with E-state index in [2.05, 4.69) is 22.5 Å². The van der Waals surface area contributed by atoms with Crippen molar-refractivity contribution in [3.63, 3.8) is 0 Å². The van der Waals surface area contributed by atoms with Gasteiger partial charge in [0.2, 0.25) is 11.3 Å². The molecule has 1 aliphatic heterocycles. The third-order valence-electron chi connectivity index (χ3n) is 6.91. The Labute approximate surface area is 208 Å². The van der Waals surface area contributed by atoms with Crippen LogP contribution in [0, 0.1) is 5.82 Å². The molecule has 188 valence electrons. The molecule has 1 saturated carbocycles. The van der Waals surface area contributed by atoms with Crippen LogP contribution in [0.2, 0.25) is 0 Å². The molecule has 1 aliphatic carbocycles. The molecular weight excluding hydrogens is 461 g/mol. The molecule has 36 heavy (non-hydrogen) atoms. The number of nitrogens with one attached hydrogen (secondary N) is 2. The van der Waals surface area contributed by atoms with Gasteiger partial charge >= 0.3 is 0 Å². The smallest absolute Gasteiger partial charge is 0.261 e. The summed E-state index contributed by atoms with van der Waals surface area (Å²) in [5.74, 6) is -1.19. The van der Waals surface area contributed by atoms with Crippen LogP contribution < -0.4 is 21.0 Å². The number of nitrogens with zero attached hydrogens (tertiary/aromatic N) is 3. The Balaban J connectivity index is 1.47. The minimum absolute atomic E-state index is 0.0240. The number of anilines is 3. The first-order valence-corrected chi connectivity index (χ1v) is 12.4. The number of aromatic nitrogens is 1. The van der Waals surface area contributed by atoms with E-state index in [1.807, 2.05) is 9.47 Å². The van der Waals surface area contributed by atoms with Gasteiger partial charge in [0.1, 0.15) is 11.4 Å². The standard InChI is InChI=1S/C27H30FN5O3/c1-3-31-10-12-32(13-11-31)25-15-24-21(14-23(25)28)26(35)22(16-33(24)20-8-9-20)27(36)30-19-6-4-18(5-7-19)29-17(2)34/h4-7,14-16,20H,3,8-13H2,1-2H3,(H,29,34)(H,30,36). The maximum Gasteiger partial charge on any atom is 0.261 e. The number of rotatable bonds is 6. The van der Waals surface area contributed by atoms with Crippen LogP contribution in [0.3, 0.4) is 0 Å². The predicted molar refractivity (Wildman–Crippen MR) is 139 cm³/mol. The Morgan fingerprint density at radius 3 is 2.22 bits per heavy atom. The van der Waals surface area contributed by atoms with Crippen molar-refractivity contribution in [1.82, 2.24) is 9.47 Å². The molecule has 2 N–H and O–H groups in total. The summed E-state index contributed by atoms with van der Waals surface area (Å²) in [5.41, 5.74) is 1.74. The molecule has 2 aromatic carbocycles.